The van der Waals surface area contributed by atoms with E-state index < -0.39 is 11.6 Å². The van der Waals surface area contributed by atoms with Crippen LogP contribution in [0.2, 0.25) is 0 Å². The lowest BCUT2D eigenvalue weighted by Crippen LogP contribution is -2.15. The quantitative estimate of drug-likeness (QED) is 0.776. The molecule has 0 fully saturated rings. The van der Waals surface area contributed by atoms with Crippen LogP contribution >= 0.6 is 11.3 Å². The van der Waals surface area contributed by atoms with Gasteiger partial charge in [0.1, 0.15) is 11.6 Å². The molecular formula is C14H10F2N4OS. The lowest BCUT2D eigenvalue weighted by molar-refractivity contribution is -0.115. The molecule has 112 valence electrons. The summed E-state index contributed by atoms with van der Waals surface area (Å²) in [7, 11) is 0. The summed E-state index contributed by atoms with van der Waals surface area (Å²) < 4.78 is 27.3. The first kappa shape index (κ1) is 14.3. The molecule has 22 heavy (non-hydrogen) atoms. The second-order valence-corrected chi connectivity index (χ2v) is 5.24. The fourth-order valence-electron chi connectivity index (χ4n) is 1.90. The second-order valence-electron chi connectivity index (χ2n) is 4.46. The van der Waals surface area contributed by atoms with Crippen LogP contribution in [0.25, 0.3) is 11.4 Å². The number of thiophene rings is 1. The number of aromatic nitrogens is 3. The largest absolute Gasteiger partial charge is 0.293 e. The number of hydrogen-bond donors (Lipinski definition) is 2. The number of hydrogen-bond acceptors (Lipinski definition) is 4. The number of rotatable bonds is 4. The molecule has 2 heterocycles. The first-order chi connectivity index (χ1) is 10.6. The Morgan fingerprint density at radius 2 is 2.05 bits per heavy atom. The number of benzene rings is 1. The number of carbonyl (C=O) groups excluding carboxylic acids is 1. The number of nitrogens with zero attached hydrogens (tertiary/aromatic N) is 2. The molecule has 3 aromatic rings. The lowest BCUT2D eigenvalue weighted by Gasteiger charge is -2.00. The molecule has 1 aromatic carbocycles. The average Bonchev–Trinajstić information content (AvgIpc) is 3.11. The van der Waals surface area contributed by atoms with Crippen LogP contribution in [0.1, 0.15) is 5.56 Å². The monoisotopic (exact) mass is 320 g/mol. The zero-order valence-corrected chi connectivity index (χ0v) is 12.0. The van der Waals surface area contributed by atoms with Crippen LogP contribution in [0, 0.1) is 11.6 Å². The highest BCUT2D eigenvalue weighted by atomic mass is 32.1. The third-order valence-corrected chi connectivity index (χ3v) is 3.61. The van der Waals surface area contributed by atoms with E-state index in [9.17, 15) is 13.6 Å². The number of H-pyrrole nitrogens is 1. The molecule has 5 nitrogen and oxygen atoms in total. The van der Waals surface area contributed by atoms with Gasteiger partial charge in [-0.15, -0.1) is 5.10 Å². The van der Waals surface area contributed by atoms with Gasteiger partial charge in [0, 0.05) is 0 Å². The zero-order chi connectivity index (χ0) is 15.5. The molecule has 0 spiro atoms. The minimum Gasteiger partial charge on any atom is -0.293 e. The number of nitrogens with one attached hydrogen (secondary N) is 2. The molecule has 0 saturated heterocycles. The molecule has 0 unspecified atom stereocenters. The zero-order valence-electron chi connectivity index (χ0n) is 11.1. The molecule has 1 amide bonds. The summed E-state index contributed by atoms with van der Waals surface area (Å²) in [5, 5.41) is 12.4. The Hall–Kier alpha value is -2.61. The summed E-state index contributed by atoms with van der Waals surface area (Å²) in [6, 6.07) is 5.34. The Bertz CT molecular complexity index is 781. The highest BCUT2D eigenvalue weighted by Crippen LogP contribution is 2.23. The van der Waals surface area contributed by atoms with Gasteiger partial charge in [-0.05, 0) is 34.5 Å². The number of anilines is 1. The average molecular weight is 320 g/mol. The summed E-state index contributed by atoms with van der Waals surface area (Å²) in [4.78, 5) is 15.7. The standard InChI is InChI=1S/C14H10F2N4OS/c15-9-2-1-3-10(16)12(9)13-18-14(20-19-13)17-11(21)6-8-4-5-22-7-8/h1-5,7H,6H2,(H2,17,18,19,20,21). The van der Waals surface area contributed by atoms with E-state index in [-0.39, 0.29) is 29.7 Å². The highest BCUT2D eigenvalue weighted by Gasteiger charge is 2.16. The Kier molecular flexibility index (Phi) is 3.92. The van der Waals surface area contributed by atoms with Crippen molar-refractivity contribution in [3.05, 3.63) is 52.2 Å². The molecule has 2 N–H and O–H groups in total. The summed E-state index contributed by atoms with van der Waals surface area (Å²) in [5.41, 5.74) is 0.562. The third-order valence-electron chi connectivity index (χ3n) is 2.88. The smallest absolute Gasteiger partial charge is 0.249 e. The van der Waals surface area contributed by atoms with Gasteiger partial charge in [-0.25, -0.2) is 8.78 Å². The van der Waals surface area contributed by atoms with Crippen molar-refractivity contribution in [1.29, 1.82) is 0 Å². The molecule has 8 heteroatoms. The van der Waals surface area contributed by atoms with Crippen LogP contribution in [0.3, 0.4) is 0 Å². The van der Waals surface area contributed by atoms with Gasteiger partial charge < -0.3 is 0 Å². The fourth-order valence-corrected chi connectivity index (χ4v) is 2.57. The molecule has 0 atom stereocenters. The van der Waals surface area contributed by atoms with Crippen LogP contribution in [0.15, 0.2) is 35.0 Å². The van der Waals surface area contributed by atoms with Crippen molar-refractivity contribution in [3.8, 4) is 11.4 Å². The molecule has 0 aliphatic rings. The van der Waals surface area contributed by atoms with Gasteiger partial charge in [0.15, 0.2) is 5.82 Å². The predicted octanol–water partition coefficient (Wildman–Crippen LogP) is 2.99. The molecule has 0 bridgehead atoms. The van der Waals surface area contributed by atoms with Crippen LogP contribution in [0.5, 0.6) is 0 Å². The summed E-state index contributed by atoms with van der Waals surface area (Å²) in [5.74, 6) is -1.93. The summed E-state index contributed by atoms with van der Waals surface area (Å²) in [6.07, 6.45) is 0.182. The first-order valence-corrected chi connectivity index (χ1v) is 7.25. The summed E-state index contributed by atoms with van der Waals surface area (Å²) in [6.45, 7) is 0. The fraction of sp³-hybridized carbons (Fsp3) is 0.0714. The van der Waals surface area contributed by atoms with Gasteiger partial charge in [-0.1, -0.05) is 6.07 Å². The Morgan fingerprint density at radius 3 is 2.73 bits per heavy atom. The van der Waals surface area contributed by atoms with Crippen molar-refractivity contribution < 1.29 is 13.6 Å². The van der Waals surface area contributed by atoms with Crippen LogP contribution in [-0.2, 0) is 11.2 Å². The minimum atomic E-state index is -0.757. The van der Waals surface area contributed by atoms with Crippen LogP contribution < -0.4 is 5.32 Å². The van der Waals surface area contributed by atoms with Crippen molar-refractivity contribution in [1.82, 2.24) is 15.2 Å². The van der Waals surface area contributed by atoms with Gasteiger partial charge in [-0.3, -0.25) is 15.2 Å². The maximum Gasteiger partial charge on any atom is 0.249 e. The molecule has 0 radical (unpaired) electrons. The first-order valence-electron chi connectivity index (χ1n) is 6.31. The van der Waals surface area contributed by atoms with Crippen molar-refractivity contribution in [2.45, 2.75) is 6.42 Å². The maximum absolute atomic E-state index is 13.6. The van der Waals surface area contributed by atoms with E-state index in [2.05, 4.69) is 20.5 Å². The second kappa shape index (κ2) is 6.02. The van der Waals surface area contributed by atoms with E-state index in [4.69, 9.17) is 0 Å². The molecule has 0 saturated carbocycles. The molecule has 0 aliphatic carbocycles. The molecular weight excluding hydrogens is 310 g/mol. The summed E-state index contributed by atoms with van der Waals surface area (Å²) >= 11 is 1.49. The Morgan fingerprint density at radius 1 is 1.27 bits per heavy atom. The van der Waals surface area contributed by atoms with E-state index in [0.717, 1.165) is 17.7 Å². The number of aromatic amines is 1. The highest BCUT2D eigenvalue weighted by molar-refractivity contribution is 7.08. The lowest BCUT2D eigenvalue weighted by atomic mass is 10.2. The molecule has 3 rings (SSSR count). The van der Waals surface area contributed by atoms with E-state index in [1.807, 2.05) is 16.8 Å². The third kappa shape index (κ3) is 3.01. The van der Waals surface area contributed by atoms with Gasteiger partial charge in [0.05, 0.1) is 12.0 Å². The van der Waals surface area contributed by atoms with Gasteiger partial charge in [-0.2, -0.15) is 16.3 Å². The van der Waals surface area contributed by atoms with Crippen LogP contribution in [-0.4, -0.2) is 21.1 Å². The minimum absolute atomic E-state index is 0.0297. The van der Waals surface area contributed by atoms with E-state index in [0.29, 0.717) is 0 Å². The number of amides is 1. The SMILES string of the molecule is O=C(Cc1ccsc1)Nc1n[nH]c(-c2c(F)cccc2F)n1. The van der Waals surface area contributed by atoms with E-state index in [1.54, 1.807) is 0 Å². The Labute approximate surface area is 128 Å². The predicted molar refractivity (Wildman–Crippen MR) is 78.4 cm³/mol. The number of carbonyl (C=O) groups is 1. The topological polar surface area (TPSA) is 70.7 Å². The number of halogens is 2. The van der Waals surface area contributed by atoms with Crippen molar-refractivity contribution >= 4 is 23.2 Å². The molecule has 2 aromatic heterocycles. The van der Waals surface area contributed by atoms with Crippen LogP contribution in [0.4, 0.5) is 14.7 Å². The van der Waals surface area contributed by atoms with Crippen molar-refractivity contribution in [2.24, 2.45) is 0 Å². The van der Waals surface area contributed by atoms with E-state index in [1.165, 1.54) is 17.4 Å². The van der Waals surface area contributed by atoms with Gasteiger partial charge in [0.25, 0.3) is 0 Å². The molecule has 0 aliphatic heterocycles. The maximum atomic E-state index is 13.6. The van der Waals surface area contributed by atoms with Crippen molar-refractivity contribution in [3.63, 3.8) is 0 Å². The van der Waals surface area contributed by atoms with Gasteiger partial charge in [0.2, 0.25) is 11.9 Å². The Balaban J connectivity index is 1.75. The van der Waals surface area contributed by atoms with E-state index >= 15 is 0 Å². The van der Waals surface area contributed by atoms with Gasteiger partial charge >= 0.3 is 0 Å². The van der Waals surface area contributed by atoms with Crippen molar-refractivity contribution in [2.75, 3.05) is 5.32 Å². The normalized spacial score (nSPS) is 10.6.